The molecule has 0 aliphatic carbocycles. The average molecular weight is 290 g/mol. The topological polar surface area (TPSA) is 66.4 Å². The predicted octanol–water partition coefficient (Wildman–Crippen LogP) is -0.699. The number of hydrogen-bond donors (Lipinski definition) is 0. The Morgan fingerprint density at radius 3 is 2.12 bits per heavy atom. The number of methoxy groups -OCH3 is 1. The van der Waals surface area contributed by atoms with Gasteiger partial charge in [-0.05, 0) is 19.3 Å². The number of rotatable bonds is 10. The summed E-state index contributed by atoms with van der Waals surface area (Å²) in [5, 5.41) is 0. The van der Waals surface area contributed by atoms with Crippen LogP contribution in [0.1, 0.15) is 51.9 Å². The van der Waals surface area contributed by atoms with Crippen LogP contribution in [0.4, 0.5) is 0 Å². The molecule has 0 amide bonds. The molecule has 0 radical (unpaired) electrons. The van der Waals surface area contributed by atoms with E-state index >= 15 is 0 Å². The zero-order chi connectivity index (χ0) is 12.4. The standard InChI is InChI=1S/C11H24O4S.K/c1-3-11(15-2)9-7-5-4-6-8-10-16(12,13)14;/h11H,3-10H2,1-2H3,(H,12,13,14);/q;+1/p-1. The van der Waals surface area contributed by atoms with Crippen LogP contribution in [0.25, 0.3) is 0 Å². The molecule has 0 aromatic heterocycles. The smallest absolute Gasteiger partial charge is 0.748 e. The van der Waals surface area contributed by atoms with Gasteiger partial charge in [0.25, 0.3) is 0 Å². The Hall–Kier alpha value is 1.51. The van der Waals surface area contributed by atoms with Gasteiger partial charge in [0.1, 0.15) is 0 Å². The third-order valence-electron chi connectivity index (χ3n) is 2.71. The van der Waals surface area contributed by atoms with Crippen molar-refractivity contribution in [2.24, 2.45) is 0 Å². The summed E-state index contributed by atoms with van der Waals surface area (Å²) in [4.78, 5) is 0. The Balaban J connectivity index is 0. The van der Waals surface area contributed by atoms with Gasteiger partial charge in [0.15, 0.2) is 0 Å². The second-order valence-electron chi connectivity index (χ2n) is 4.08. The Labute approximate surface area is 148 Å². The van der Waals surface area contributed by atoms with Gasteiger partial charge in [-0.1, -0.05) is 32.6 Å². The molecule has 0 saturated heterocycles. The van der Waals surface area contributed by atoms with Crippen molar-refractivity contribution in [3.8, 4) is 0 Å². The molecule has 0 heterocycles. The van der Waals surface area contributed by atoms with Gasteiger partial charge in [-0.2, -0.15) is 0 Å². The van der Waals surface area contributed by atoms with Crippen LogP contribution in [0.15, 0.2) is 0 Å². The SMILES string of the molecule is CCC(CCCCCCCS(=O)(=O)[O-])OC.[K+]. The molecule has 0 N–H and O–H groups in total. The number of hydrogen-bond acceptors (Lipinski definition) is 4. The molecule has 6 heteroatoms. The summed E-state index contributed by atoms with van der Waals surface area (Å²) in [5.74, 6) is -0.220. The van der Waals surface area contributed by atoms with E-state index in [2.05, 4.69) is 6.92 Å². The van der Waals surface area contributed by atoms with Crippen molar-refractivity contribution in [2.75, 3.05) is 12.9 Å². The first kappa shape index (κ1) is 20.8. The van der Waals surface area contributed by atoms with E-state index in [1.54, 1.807) is 7.11 Å². The van der Waals surface area contributed by atoms with Crippen LogP contribution in [0.5, 0.6) is 0 Å². The molecule has 17 heavy (non-hydrogen) atoms. The van der Waals surface area contributed by atoms with Gasteiger partial charge in [0.05, 0.1) is 16.2 Å². The largest absolute Gasteiger partial charge is 1.00 e. The molecule has 0 aliphatic rings. The summed E-state index contributed by atoms with van der Waals surface area (Å²) < 4.78 is 36.2. The molecule has 0 aromatic carbocycles. The maximum Gasteiger partial charge on any atom is 1.00 e. The maximum atomic E-state index is 10.3. The van der Waals surface area contributed by atoms with E-state index in [9.17, 15) is 13.0 Å². The first-order chi connectivity index (χ1) is 7.49. The van der Waals surface area contributed by atoms with Crippen molar-refractivity contribution in [2.45, 2.75) is 58.0 Å². The molecule has 1 unspecified atom stereocenters. The summed E-state index contributed by atoms with van der Waals surface area (Å²) in [7, 11) is -2.28. The minimum atomic E-state index is -4.01. The summed E-state index contributed by atoms with van der Waals surface area (Å²) in [6, 6.07) is 0. The van der Waals surface area contributed by atoms with Crippen LogP contribution in [0, 0.1) is 0 Å². The molecular formula is C11H23KO4S. The van der Waals surface area contributed by atoms with Crippen molar-refractivity contribution in [1.29, 1.82) is 0 Å². The summed E-state index contributed by atoms with van der Waals surface area (Å²) >= 11 is 0. The Morgan fingerprint density at radius 1 is 1.12 bits per heavy atom. The quantitative estimate of drug-likeness (QED) is 0.303. The van der Waals surface area contributed by atoms with Gasteiger partial charge < -0.3 is 9.29 Å². The van der Waals surface area contributed by atoms with Crippen LogP contribution in [0.2, 0.25) is 0 Å². The number of ether oxygens (including phenoxy) is 1. The normalized spacial score (nSPS) is 13.1. The van der Waals surface area contributed by atoms with Crippen molar-refractivity contribution in [3.05, 3.63) is 0 Å². The van der Waals surface area contributed by atoms with Gasteiger partial charge in [-0.15, -0.1) is 0 Å². The van der Waals surface area contributed by atoms with Gasteiger partial charge in [-0.3, -0.25) is 0 Å². The molecule has 0 aliphatic heterocycles. The fourth-order valence-electron chi connectivity index (χ4n) is 1.67. The first-order valence-electron chi connectivity index (χ1n) is 5.96. The summed E-state index contributed by atoms with van der Waals surface area (Å²) in [6.45, 7) is 2.10. The van der Waals surface area contributed by atoms with Gasteiger partial charge in [-0.25, -0.2) is 8.42 Å². The zero-order valence-electron chi connectivity index (χ0n) is 11.3. The Kier molecular flexibility index (Phi) is 15.3. The Bertz CT molecular complexity index is 250. The van der Waals surface area contributed by atoms with E-state index in [0.29, 0.717) is 12.5 Å². The van der Waals surface area contributed by atoms with Crippen LogP contribution in [-0.2, 0) is 14.9 Å². The van der Waals surface area contributed by atoms with Crippen molar-refractivity contribution >= 4 is 10.1 Å². The van der Waals surface area contributed by atoms with Gasteiger partial charge in [0.2, 0.25) is 0 Å². The maximum absolute atomic E-state index is 10.3. The molecule has 0 rings (SSSR count). The molecule has 1 atom stereocenters. The minimum Gasteiger partial charge on any atom is -0.748 e. The first-order valence-corrected chi connectivity index (χ1v) is 7.53. The predicted molar refractivity (Wildman–Crippen MR) is 63.4 cm³/mol. The molecular weight excluding hydrogens is 267 g/mol. The van der Waals surface area contributed by atoms with E-state index in [1.165, 1.54) is 0 Å². The zero-order valence-corrected chi connectivity index (χ0v) is 15.2. The molecule has 4 nitrogen and oxygen atoms in total. The Morgan fingerprint density at radius 2 is 1.65 bits per heavy atom. The second-order valence-corrected chi connectivity index (χ2v) is 5.61. The van der Waals surface area contributed by atoms with Crippen molar-refractivity contribution < 1.29 is 69.1 Å². The van der Waals surface area contributed by atoms with E-state index in [4.69, 9.17) is 4.74 Å². The summed E-state index contributed by atoms with van der Waals surface area (Å²) in [6.07, 6.45) is 6.95. The van der Waals surface area contributed by atoms with E-state index < -0.39 is 10.1 Å². The molecule has 0 fully saturated rings. The number of unbranched alkanes of at least 4 members (excludes halogenated alkanes) is 4. The fraction of sp³-hybridized carbons (Fsp3) is 1.00. The van der Waals surface area contributed by atoms with E-state index in [-0.39, 0.29) is 57.1 Å². The molecule has 0 bridgehead atoms. The minimum absolute atomic E-state index is 0. The third-order valence-corrected chi connectivity index (χ3v) is 3.50. The van der Waals surface area contributed by atoms with E-state index in [1.807, 2.05) is 0 Å². The van der Waals surface area contributed by atoms with Gasteiger partial charge in [0, 0.05) is 12.9 Å². The molecule has 0 aromatic rings. The molecule has 0 spiro atoms. The molecule has 0 saturated carbocycles. The fourth-order valence-corrected chi connectivity index (χ4v) is 2.23. The van der Waals surface area contributed by atoms with Gasteiger partial charge >= 0.3 is 51.4 Å². The second kappa shape index (κ2) is 12.5. The average Bonchev–Trinajstić information content (AvgIpc) is 2.21. The van der Waals surface area contributed by atoms with E-state index in [0.717, 1.165) is 38.5 Å². The van der Waals surface area contributed by atoms with Crippen LogP contribution in [0.3, 0.4) is 0 Å². The third kappa shape index (κ3) is 15.4. The summed E-state index contributed by atoms with van der Waals surface area (Å²) in [5.41, 5.74) is 0. The van der Waals surface area contributed by atoms with Crippen molar-refractivity contribution in [3.63, 3.8) is 0 Å². The van der Waals surface area contributed by atoms with Crippen molar-refractivity contribution in [1.82, 2.24) is 0 Å². The van der Waals surface area contributed by atoms with Crippen LogP contribution >= 0.6 is 0 Å². The molecule has 98 valence electrons. The monoisotopic (exact) mass is 290 g/mol. The van der Waals surface area contributed by atoms with Crippen LogP contribution in [-0.4, -0.2) is 31.9 Å². The van der Waals surface area contributed by atoms with Crippen LogP contribution < -0.4 is 51.4 Å².